The highest BCUT2D eigenvalue weighted by molar-refractivity contribution is 4.83. The molecule has 84 valence electrons. The van der Waals surface area contributed by atoms with Gasteiger partial charge in [-0.15, -0.1) is 0 Å². The number of hydrogen-bond donors (Lipinski definition) is 1. The molecule has 0 bridgehead atoms. The second kappa shape index (κ2) is 6.35. The fourth-order valence-electron chi connectivity index (χ4n) is 1.95. The van der Waals surface area contributed by atoms with Gasteiger partial charge in [-0.05, 0) is 19.3 Å². The van der Waals surface area contributed by atoms with E-state index in [9.17, 15) is 0 Å². The Labute approximate surface area is 85.9 Å². The van der Waals surface area contributed by atoms with Gasteiger partial charge in [0.1, 0.15) is 0 Å². The lowest BCUT2D eigenvalue weighted by Crippen LogP contribution is -2.41. The number of ether oxygens (including phenoxy) is 3. The monoisotopic (exact) mass is 203 g/mol. The second-order valence-corrected chi connectivity index (χ2v) is 3.62. The first kappa shape index (κ1) is 11.9. The molecule has 0 aromatic carbocycles. The molecule has 1 N–H and O–H groups in total. The van der Waals surface area contributed by atoms with Crippen LogP contribution in [0.2, 0.25) is 0 Å². The predicted molar refractivity (Wildman–Crippen MR) is 54.2 cm³/mol. The van der Waals surface area contributed by atoms with Crippen LogP contribution in [0.1, 0.15) is 19.3 Å². The van der Waals surface area contributed by atoms with E-state index in [0.717, 1.165) is 13.0 Å². The van der Waals surface area contributed by atoms with Crippen LogP contribution in [0.25, 0.3) is 0 Å². The summed E-state index contributed by atoms with van der Waals surface area (Å²) < 4.78 is 15.6. The molecular weight excluding hydrogens is 182 g/mol. The van der Waals surface area contributed by atoms with Crippen LogP contribution in [0.15, 0.2) is 0 Å². The molecule has 1 saturated carbocycles. The van der Waals surface area contributed by atoms with Crippen LogP contribution in [0.4, 0.5) is 0 Å². The van der Waals surface area contributed by atoms with Gasteiger partial charge in [0.2, 0.25) is 0 Å². The molecule has 1 fully saturated rings. The van der Waals surface area contributed by atoms with Crippen molar-refractivity contribution >= 4 is 0 Å². The van der Waals surface area contributed by atoms with Crippen molar-refractivity contribution in [3.8, 4) is 0 Å². The molecule has 0 aromatic rings. The van der Waals surface area contributed by atoms with E-state index in [1.165, 1.54) is 12.8 Å². The molecule has 1 aliphatic rings. The van der Waals surface area contributed by atoms with Crippen LogP contribution in [0, 0.1) is 0 Å². The zero-order chi connectivity index (χ0) is 10.4. The maximum absolute atomic E-state index is 5.38. The normalized spacial score (nSPS) is 27.4. The lowest BCUT2D eigenvalue weighted by Gasteiger charge is -2.22. The van der Waals surface area contributed by atoms with Crippen molar-refractivity contribution in [1.29, 1.82) is 0 Å². The molecule has 14 heavy (non-hydrogen) atoms. The Hall–Kier alpha value is -0.160. The van der Waals surface area contributed by atoms with Crippen molar-refractivity contribution in [3.63, 3.8) is 0 Å². The molecule has 4 nitrogen and oxygen atoms in total. The van der Waals surface area contributed by atoms with Crippen molar-refractivity contribution in [3.05, 3.63) is 0 Å². The average molecular weight is 203 g/mol. The van der Waals surface area contributed by atoms with E-state index in [1.54, 1.807) is 21.3 Å². The fourth-order valence-corrected chi connectivity index (χ4v) is 1.95. The van der Waals surface area contributed by atoms with Crippen LogP contribution < -0.4 is 5.32 Å². The summed E-state index contributed by atoms with van der Waals surface area (Å²) in [5.74, 6) is 0. The lowest BCUT2D eigenvalue weighted by molar-refractivity contribution is -0.101. The maximum Gasteiger partial charge on any atom is 0.169 e. The average Bonchev–Trinajstić information content (AvgIpc) is 2.67. The smallest absolute Gasteiger partial charge is 0.169 e. The summed E-state index contributed by atoms with van der Waals surface area (Å²) in [5.41, 5.74) is 0. The minimum absolute atomic E-state index is 0.159. The van der Waals surface area contributed by atoms with Gasteiger partial charge in [-0.25, -0.2) is 0 Å². The van der Waals surface area contributed by atoms with Crippen molar-refractivity contribution in [2.24, 2.45) is 0 Å². The summed E-state index contributed by atoms with van der Waals surface area (Å²) >= 11 is 0. The van der Waals surface area contributed by atoms with Gasteiger partial charge < -0.3 is 19.5 Å². The molecule has 1 rings (SSSR count). The van der Waals surface area contributed by atoms with Crippen LogP contribution in [0.5, 0.6) is 0 Å². The first-order chi connectivity index (χ1) is 6.81. The third kappa shape index (κ3) is 3.20. The Bertz CT molecular complexity index is 150. The van der Waals surface area contributed by atoms with Gasteiger partial charge >= 0.3 is 0 Å². The van der Waals surface area contributed by atoms with Gasteiger partial charge in [0.25, 0.3) is 0 Å². The van der Waals surface area contributed by atoms with E-state index < -0.39 is 0 Å². The molecule has 0 saturated heterocycles. The summed E-state index contributed by atoms with van der Waals surface area (Å²) in [6.45, 7) is 0.720. The topological polar surface area (TPSA) is 39.7 Å². The number of methoxy groups -OCH3 is 3. The minimum Gasteiger partial charge on any atom is -0.380 e. The Morgan fingerprint density at radius 3 is 2.50 bits per heavy atom. The Morgan fingerprint density at radius 2 is 1.93 bits per heavy atom. The largest absolute Gasteiger partial charge is 0.380 e. The van der Waals surface area contributed by atoms with Crippen LogP contribution in [0.3, 0.4) is 0 Å². The van der Waals surface area contributed by atoms with Crippen molar-refractivity contribution in [2.45, 2.75) is 37.7 Å². The second-order valence-electron chi connectivity index (χ2n) is 3.62. The predicted octanol–water partition coefficient (Wildman–Crippen LogP) is 0.762. The van der Waals surface area contributed by atoms with E-state index in [1.807, 2.05) is 0 Å². The molecule has 0 spiro atoms. The van der Waals surface area contributed by atoms with Crippen molar-refractivity contribution < 1.29 is 14.2 Å². The molecular formula is C10H21NO3. The van der Waals surface area contributed by atoms with Gasteiger partial charge in [-0.3, -0.25) is 0 Å². The van der Waals surface area contributed by atoms with Crippen LogP contribution in [-0.2, 0) is 14.2 Å². The van der Waals surface area contributed by atoms with E-state index in [2.05, 4.69) is 5.32 Å². The van der Waals surface area contributed by atoms with Gasteiger partial charge in [-0.1, -0.05) is 0 Å². The van der Waals surface area contributed by atoms with Crippen molar-refractivity contribution in [1.82, 2.24) is 5.32 Å². The first-order valence-corrected chi connectivity index (χ1v) is 5.13. The van der Waals surface area contributed by atoms with Crippen molar-refractivity contribution in [2.75, 3.05) is 27.9 Å². The van der Waals surface area contributed by atoms with E-state index >= 15 is 0 Å². The molecule has 0 heterocycles. The van der Waals surface area contributed by atoms with Gasteiger partial charge in [0.15, 0.2) is 6.29 Å². The summed E-state index contributed by atoms with van der Waals surface area (Å²) in [4.78, 5) is 0. The summed E-state index contributed by atoms with van der Waals surface area (Å²) in [6, 6.07) is 0.452. The molecule has 2 atom stereocenters. The van der Waals surface area contributed by atoms with E-state index in [-0.39, 0.29) is 6.29 Å². The Balaban J connectivity index is 2.22. The highest BCUT2D eigenvalue weighted by Gasteiger charge is 2.27. The number of hydrogen-bond acceptors (Lipinski definition) is 4. The van der Waals surface area contributed by atoms with E-state index in [4.69, 9.17) is 14.2 Å². The minimum atomic E-state index is -0.159. The maximum atomic E-state index is 5.38. The quantitative estimate of drug-likeness (QED) is 0.647. The zero-order valence-corrected chi connectivity index (χ0v) is 9.29. The fraction of sp³-hybridized carbons (Fsp3) is 1.00. The van der Waals surface area contributed by atoms with Gasteiger partial charge in [0, 0.05) is 33.9 Å². The third-order valence-corrected chi connectivity index (χ3v) is 2.83. The zero-order valence-electron chi connectivity index (χ0n) is 9.29. The summed E-state index contributed by atoms with van der Waals surface area (Å²) in [6.07, 6.45) is 3.76. The molecule has 0 amide bonds. The molecule has 0 aromatic heterocycles. The SMILES string of the molecule is COC(CNC1CCCC1OC)OC. The van der Waals surface area contributed by atoms with Crippen LogP contribution >= 0.6 is 0 Å². The molecule has 0 aliphatic heterocycles. The third-order valence-electron chi connectivity index (χ3n) is 2.83. The van der Waals surface area contributed by atoms with Gasteiger partial charge in [0.05, 0.1) is 6.10 Å². The Morgan fingerprint density at radius 1 is 1.21 bits per heavy atom. The summed E-state index contributed by atoms with van der Waals surface area (Å²) in [5, 5.41) is 3.41. The molecule has 0 radical (unpaired) electrons. The number of rotatable bonds is 6. The first-order valence-electron chi connectivity index (χ1n) is 5.13. The highest BCUT2D eigenvalue weighted by atomic mass is 16.7. The molecule has 2 unspecified atom stereocenters. The van der Waals surface area contributed by atoms with E-state index in [0.29, 0.717) is 12.1 Å². The lowest BCUT2D eigenvalue weighted by atomic mass is 10.2. The molecule has 1 aliphatic carbocycles. The molecule has 4 heteroatoms. The van der Waals surface area contributed by atoms with Gasteiger partial charge in [-0.2, -0.15) is 0 Å². The van der Waals surface area contributed by atoms with Crippen LogP contribution in [-0.4, -0.2) is 46.3 Å². The Kier molecular flexibility index (Phi) is 5.40. The summed E-state index contributed by atoms with van der Waals surface area (Å²) in [7, 11) is 5.07. The standard InChI is InChI=1S/C10H21NO3/c1-12-9-6-4-5-8(9)11-7-10(13-2)14-3/h8-11H,4-7H2,1-3H3. The number of nitrogens with one attached hydrogen (secondary N) is 1. The highest BCUT2D eigenvalue weighted by Crippen LogP contribution is 2.21.